The minimum atomic E-state index is -0.158. The molecule has 0 aliphatic rings. The molecule has 3 aromatic rings. The van der Waals surface area contributed by atoms with Gasteiger partial charge in [0.25, 0.3) is 5.56 Å². The lowest BCUT2D eigenvalue weighted by molar-refractivity contribution is -0.120. The van der Waals surface area contributed by atoms with Gasteiger partial charge < -0.3 is 5.32 Å². The molecule has 0 saturated carbocycles. The molecule has 0 aliphatic carbocycles. The van der Waals surface area contributed by atoms with E-state index in [9.17, 15) is 9.59 Å². The molecule has 29 heavy (non-hydrogen) atoms. The maximum atomic E-state index is 12.5. The molecule has 0 radical (unpaired) electrons. The van der Waals surface area contributed by atoms with E-state index in [1.807, 2.05) is 18.2 Å². The summed E-state index contributed by atoms with van der Waals surface area (Å²) in [6.07, 6.45) is 0.134. The van der Waals surface area contributed by atoms with Crippen LogP contribution in [-0.4, -0.2) is 33.7 Å². The minimum Gasteiger partial charge on any atom is -0.352 e. The molecule has 0 bridgehead atoms. The predicted octanol–water partition coefficient (Wildman–Crippen LogP) is 2.63. The van der Waals surface area contributed by atoms with Crippen LogP contribution in [0, 0.1) is 0 Å². The number of hydrogen-bond acceptors (Lipinski definition) is 4. The van der Waals surface area contributed by atoms with Crippen molar-refractivity contribution in [3.63, 3.8) is 0 Å². The molecule has 1 amide bonds. The standard InChI is InChI=1S/C23H28N4O2/c1-4-27(5-2)16-18-12-10-17(11-13-18)15-24-22(28)14-21-19-8-6-7-9-20(19)23(29)26(3)25-21/h6-13H,4-5,14-16H2,1-3H3,(H,24,28). The van der Waals surface area contributed by atoms with Gasteiger partial charge in [-0.2, -0.15) is 5.10 Å². The number of carbonyl (C=O) groups excluding carboxylic acids is 1. The van der Waals surface area contributed by atoms with Gasteiger partial charge in [-0.1, -0.05) is 56.3 Å². The van der Waals surface area contributed by atoms with E-state index in [4.69, 9.17) is 0 Å². The number of nitrogens with zero attached hydrogens (tertiary/aromatic N) is 3. The largest absolute Gasteiger partial charge is 0.352 e. The van der Waals surface area contributed by atoms with Crippen LogP contribution in [0.25, 0.3) is 10.8 Å². The molecule has 0 aliphatic heterocycles. The van der Waals surface area contributed by atoms with Crippen LogP contribution < -0.4 is 10.9 Å². The number of aryl methyl sites for hydroxylation is 1. The number of fused-ring (bicyclic) bond motifs is 1. The molecular formula is C23H28N4O2. The molecule has 6 nitrogen and oxygen atoms in total. The summed E-state index contributed by atoms with van der Waals surface area (Å²) in [4.78, 5) is 27.0. The molecule has 1 N–H and O–H groups in total. The van der Waals surface area contributed by atoms with Crippen molar-refractivity contribution in [2.45, 2.75) is 33.4 Å². The number of benzene rings is 2. The number of nitrogens with one attached hydrogen (secondary N) is 1. The highest BCUT2D eigenvalue weighted by Crippen LogP contribution is 2.13. The Kier molecular flexibility index (Phi) is 6.77. The second-order valence-electron chi connectivity index (χ2n) is 7.15. The molecule has 1 heterocycles. The second kappa shape index (κ2) is 9.47. The molecule has 0 fully saturated rings. The molecule has 0 unspecified atom stereocenters. The maximum absolute atomic E-state index is 12.5. The van der Waals surface area contributed by atoms with Crippen LogP contribution in [0.2, 0.25) is 0 Å². The van der Waals surface area contributed by atoms with Crippen LogP contribution in [-0.2, 0) is 31.4 Å². The Hall–Kier alpha value is -2.99. The topological polar surface area (TPSA) is 67.2 Å². The second-order valence-corrected chi connectivity index (χ2v) is 7.15. The van der Waals surface area contributed by atoms with Crippen LogP contribution in [0.4, 0.5) is 0 Å². The van der Waals surface area contributed by atoms with E-state index in [1.54, 1.807) is 13.1 Å². The SMILES string of the molecule is CCN(CC)Cc1ccc(CNC(=O)Cc2nn(C)c(=O)c3ccccc23)cc1. The summed E-state index contributed by atoms with van der Waals surface area (Å²) in [5.41, 5.74) is 2.77. The van der Waals surface area contributed by atoms with Gasteiger partial charge in [-0.15, -0.1) is 0 Å². The van der Waals surface area contributed by atoms with Gasteiger partial charge in [-0.25, -0.2) is 4.68 Å². The highest BCUT2D eigenvalue weighted by Gasteiger charge is 2.12. The Bertz CT molecular complexity index is 1040. The first-order chi connectivity index (χ1) is 14.0. The summed E-state index contributed by atoms with van der Waals surface area (Å²) >= 11 is 0. The summed E-state index contributed by atoms with van der Waals surface area (Å²) in [6, 6.07) is 15.6. The van der Waals surface area contributed by atoms with Crippen molar-refractivity contribution in [1.29, 1.82) is 0 Å². The van der Waals surface area contributed by atoms with E-state index < -0.39 is 0 Å². The van der Waals surface area contributed by atoms with E-state index in [0.29, 0.717) is 17.6 Å². The lowest BCUT2D eigenvalue weighted by atomic mass is 10.1. The average molecular weight is 393 g/mol. The Balaban J connectivity index is 1.63. The van der Waals surface area contributed by atoms with Crippen LogP contribution in [0.1, 0.15) is 30.7 Å². The number of carbonyl (C=O) groups is 1. The quantitative estimate of drug-likeness (QED) is 0.640. The van der Waals surface area contributed by atoms with Crippen LogP contribution in [0.15, 0.2) is 53.3 Å². The van der Waals surface area contributed by atoms with Crippen LogP contribution >= 0.6 is 0 Å². The average Bonchev–Trinajstić information content (AvgIpc) is 2.75. The van der Waals surface area contributed by atoms with Gasteiger partial charge in [-0.05, 0) is 30.3 Å². The van der Waals surface area contributed by atoms with Crippen molar-refractivity contribution in [2.75, 3.05) is 13.1 Å². The van der Waals surface area contributed by atoms with Crippen molar-refractivity contribution in [3.8, 4) is 0 Å². The molecular weight excluding hydrogens is 364 g/mol. The summed E-state index contributed by atoms with van der Waals surface area (Å²) in [5, 5.41) is 8.55. The van der Waals surface area contributed by atoms with Crippen molar-refractivity contribution >= 4 is 16.7 Å². The third-order valence-corrected chi connectivity index (χ3v) is 5.17. The number of amides is 1. The molecule has 6 heteroatoms. The first-order valence-corrected chi connectivity index (χ1v) is 10.0. The van der Waals surface area contributed by atoms with Gasteiger partial charge in [0, 0.05) is 25.5 Å². The predicted molar refractivity (Wildman–Crippen MR) is 116 cm³/mol. The van der Waals surface area contributed by atoms with Crippen molar-refractivity contribution < 1.29 is 4.79 Å². The molecule has 0 saturated heterocycles. The van der Waals surface area contributed by atoms with Gasteiger partial charge in [0.2, 0.25) is 5.91 Å². The summed E-state index contributed by atoms with van der Waals surface area (Å²) < 4.78 is 1.29. The Morgan fingerprint density at radius 1 is 1.00 bits per heavy atom. The van der Waals surface area contributed by atoms with Gasteiger partial charge in [0.15, 0.2) is 0 Å². The highest BCUT2D eigenvalue weighted by atomic mass is 16.1. The molecule has 1 aromatic heterocycles. The fraction of sp³-hybridized carbons (Fsp3) is 0.348. The van der Waals surface area contributed by atoms with Gasteiger partial charge in [0.1, 0.15) is 0 Å². The van der Waals surface area contributed by atoms with Crippen molar-refractivity contribution in [2.24, 2.45) is 7.05 Å². The molecule has 152 valence electrons. The van der Waals surface area contributed by atoms with Gasteiger partial charge in [-0.3, -0.25) is 14.5 Å². The van der Waals surface area contributed by atoms with E-state index in [0.717, 1.165) is 30.6 Å². The first kappa shape index (κ1) is 20.7. The fourth-order valence-electron chi connectivity index (χ4n) is 3.39. The monoisotopic (exact) mass is 392 g/mol. The zero-order valence-corrected chi connectivity index (χ0v) is 17.3. The highest BCUT2D eigenvalue weighted by molar-refractivity contribution is 5.88. The van der Waals surface area contributed by atoms with E-state index in [2.05, 4.69) is 53.4 Å². The Labute approximate surface area is 171 Å². The van der Waals surface area contributed by atoms with Crippen molar-refractivity contribution in [3.05, 3.63) is 75.7 Å². The van der Waals surface area contributed by atoms with Gasteiger partial charge in [0.05, 0.1) is 17.5 Å². The first-order valence-electron chi connectivity index (χ1n) is 10.0. The summed E-state index contributed by atoms with van der Waals surface area (Å²) in [6.45, 7) is 7.79. The fourth-order valence-corrected chi connectivity index (χ4v) is 3.39. The van der Waals surface area contributed by atoms with Crippen LogP contribution in [0.5, 0.6) is 0 Å². The Morgan fingerprint density at radius 2 is 1.62 bits per heavy atom. The Morgan fingerprint density at radius 3 is 2.28 bits per heavy atom. The zero-order chi connectivity index (χ0) is 20.8. The lowest BCUT2D eigenvalue weighted by Gasteiger charge is -2.18. The number of hydrogen-bond donors (Lipinski definition) is 1. The van der Waals surface area contributed by atoms with E-state index in [-0.39, 0.29) is 17.9 Å². The van der Waals surface area contributed by atoms with Crippen molar-refractivity contribution in [1.82, 2.24) is 20.0 Å². The van der Waals surface area contributed by atoms with E-state index >= 15 is 0 Å². The van der Waals surface area contributed by atoms with Crippen LogP contribution in [0.3, 0.4) is 0 Å². The van der Waals surface area contributed by atoms with Gasteiger partial charge >= 0.3 is 0 Å². The smallest absolute Gasteiger partial charge is 0.274 e. The zero-order valence-electron chi connectivity index (χ0n) is 17.3. The summed E-state index contributed by atoms with van der Waals surface area (Å²) in [7, 11) is 1.61. The molecule has 2 aromatic carbocycles. The van der Waals surface area contributed by atoms with E-state index in [1.165, 1.54) is 10.2 Å². The molecule has 0 spiro atoms. The number of aromatic nitrogens is 2. The maximum Gasteiger partial charge on any atom is 0.274 e. The lowest BCUT2D eigenvalue weighted by Crippen LogP contribution is -2.27. The third kappa shape index (κ3) is 5.09. The number of rotatable bonds is 8. The molecule has 3 rings (SSSR count). The normalized spacial score (nSPS) is 11.2. The summed E-state index contributed by atoms with van der Waals surface area (Å²) in [5.74, 6) is -0.117. The third-order valence-electron chi connectivity index (χ3n) is 5.17. The minimum absolute atomic E-state index is 0.117. The molecule has 0 atom stereocenters.